The van der Waals surface area contributed by atoms with Crippen molar-refractivity contribution in [2.24, 2.45) is 0 Å². The molecule has 0 aliphatic rings. The Morgan fingerprint density at radius 2 is 1.44 bits per heavy atom. The van der Waals surface area contributed by atoms with Gasteiger partial charge in [0, 0.05) is 0 Å². The molecule has 128 valence electrons. The van der Waals surface area contributed by atoms with Crippen molar-refractivity contribution < 1.29 is 23.0 Å². The van der Waals surface area contributed by atoms with Gasteiger partial charge in [-0.2, -0.15) is 9.97 Å². The Morgan fingerprint density at radius 3 is 2.04 bits per heavy atom. The minimum atomic E-state index is -3.68. The number of hydrogen-bond donors (Lipinski definition) is 1. The van der Waals surface area contributed by atoms with Gasteiger partial charge in [-0.1, -0.05) is 0 Å². The third-order valence-corrected chi connectivity index (χ3v) is 4.99. The summed E-state index contributed by atoms with van der Waals surface area (Å²) in [5.41, 5.74) is 0. The van der Waals surface area contributed by atoms with E-state index in [1.165, 1.54) is 62.0 Å². The highest BCUT2D eigenvalue weighted by Crippen LogP contribution is 2.25. The van der Waals surface area contributed by atoms with E-state index in [2.05, 4.69) is 15.0 Å². The topological polar surface area (TPSA) is 112 Å². The number of nitrogens with zero attached hydrogens (tertiary/aromatic N) is 3. The zero-order valence-corrected chi connectivity index (χ0v) is 13.8. The van der Waals surface area contributed by atoms with Gasteiger partial charge in [0.1, 0.15) is 17.8 Å². The lowest BCUT2D eigenvalue weighted by atomic mass is 10.3. The van der Waals surface area contributed by atoms with Crippen molar-refractivity contribution >= 4 is 9.84 Å². The Labute approximate surface area is 143 Å². The number of rotatable bonds is 5. The Morgan fingerprint density at radius 1 is 0.880 bits per heavy atom. The predicted octanol–water partition coefficient (Wildman–Crippen LogP) is 2.21. The van der Waals surface area contributed by atoms with Crippen molar-refractivity contribution in [3.05, 3.63) is 54.9 Å². The molecule has 1 aromatic heterocycles. The van der Waals surface area contributed by atoms with Crippen LogP contribution in [0.5, 0.6) is 23.5 Å². The Bertz CT molecular complexity index is 973. The van der Waals surface area contributed by atoms with Gasteiger partial charge in [0.25, 0.3) is 0 Å². The molecule has 25 heavy (non-hydrogen) atoms. The molecule has 2 aromatic carbocycles. The molecule has 1 heterocycles. The van der Waals surface area contributed by atoms with E-state index in [1.807, 2.05) is 0 Å². The summed E-state index contributed by atoms with van der Waals surface area (Å²) in [7, 11) is -2.27. The molecule has 0 radical (unpaired) electrons. The molecular formula is C16H13N3O5S. The normalized spacial score (nSPS) is 11.1. The van der Waals surface area contributed by atoms with Crippen LogP contribution in [0.4, 0.5) is 0 Å². The van der Waals surface area contributed by atoms with Crippen LogP contribution in [0.15, 0.2) is 64.6 Å². The first-order valence-electron chi connectivity index (χ1n) is 7.04. The first-order chi connectivity index (χ1) is 12.0. The zero-order chi connectivity index (χ0) is 17.9. The Hall–Kier alpha value is -3.20. The van der Waals surface area contributed by atoms with E-state index < -0.39 is 9.84 Å². The van der Waals surface area contributed by atoms with Crippen molar-refractivity contribution in [3.8, 4) is 23.5 Å². The van der Waals surface area contributed by atoms with Crippen LogP contribution in [0.25, 0.3) is 0 Å². The second kappa shape index (κ2) is 6.73. The minimum Gasteiger partial charge on any atom is -0.508 e. The van der Waals surface area contributed by atoms with E-state index in [1.54, 1.807) is 0 Å². The van der Waals surface area contributed by atoms with Crippen LogP contribution in [0.2, 0.25) is 0 Å². The highest BCUT2D eigenvalue weighted by atomic mass is 32.2. The predicted molar refractivity (Wildman–Crippen MR) is 86.5 cm³/mol. The van der Waals surface area contributed by atoms with E-state index in [0.717, 1.165) is 0 Å². The largest absolute Gasteiger partial charge is 0.508 e. The van der Waals surface area contributed by atoms with Gasteiger partial charge in [-0.3, -0.25) is 0 Å². The molecule has 0 saturated carbocycles. The molecule has 0 aliphatic heterocycles. The number of aromatic hydroxyl groups is 1. The molecule has 0 amide bonds. The van der Waals surface area contributed by atoms with Crippen molar-refractivity contribution in [3.63, 3.8) is 0 Å². The quantitative estimate of drug-likeness (QED) is 0.738. The van der Waals surface area contributed by atoms with Crippen LogP contribution in [-0.2, 0) is 9.84 Å². The van der Waals surface area contributed by atoms with Crippen molar-refractivity contribution in [1.29, 1.82) is 0 Å². The molecule has 0 bridgehead atoms. The maximum absolute atomic E-state index is 12.5. The molecular weight excluding hydrogens is 346 g/mol. The first kappa shape index (κ1) is 16.7. The number of sulfone groups is 1. The van der Waals surface area contributed by atoms with Gasteiger partial charge in [-0.25, -0.2) is 8.42 Å². The maximum atomic E-state index is 12.5. The van der Waals surface area contributed by atoms with E-state index in [0.29, 0.717) is 5.75 Å². The van der Waals surface area contributed by atoms with Gasteiger partial charge >= 0.3 is 12.0 Å². The number of ether oxygens (including phenoxy) is 2. The molecule has 0 fully saturated rings. The van der Waals surface area contributed by atoms with Gasteiger partial charge in [-0.15, -0.1) is 4.98 Å². The van der Waals surface area contributed by atoms with Crippen LogP contribution < -0.4 is 9.47 Å². The molecule has 0 unspecified atom stereocenters. The summed E-state index contributed by atoms with van der Waals surface area (Å²) in [4.78, 5) is 11.7. The van der Waals surface area contributed by atoms with E-state index >= 15 is 0 Å². The second-order valence-electron chi connectivity index (χ2n) is 4.83. The summed E-state index contributed by atoms with van der Waals surface area (Å²) in [5.74, 6) is 0.355. The average Bonchev–Trinajstić information content (AvgIpc) is 2.63. The summed E-state index contributed by atoms with van der Waals surface area (Å²) >= 11 is 0. The highest BCUT2D eigenvalue weighted by Gasteiger charge is 2.17. The van der Waals surface area contributed by atoms with Gasteiger partial charge < -0.3 is 14.6 Å². The summed E-state index contributed by atoms with van der Waals surface area (Å²) in [5, 5.41) is 9.27. The molecule has 9 heteroatoms. The molecule has 0 spiro atoms. The molecule has 8 nitrogen and oxygen atoms in total. The standard InChI is InChI=1S/C16H13N3O5S/c1-23-15-17-10-18-16(19-15)24-12-4-8-14(9-5-12)25(21,22)13-6-2-11(20)3-7-13/h2-10,20H,1H3. The lowest BCUT2D eigenvalue weighted by Crippen LogP contribution is -2.02. The number of aromatic nitrogens is 3. The number of hydrogen-bond acceptors (Lipinski definition) is 8. The van der Waals surface area contributed by atoms with Crippen molar-refractivity contribution in [2.45, 2.75) is 9.79 Å². The summed E-state index contributed by atoms with van der Waals surface area (Å²) in [6.07, 6.45) is 1.24. The average molecular weight is 359 g/mol. The monoisotopic (exact) mass is 359 g/mol. The van der Waals surface area contributed by atoms with Crippen molar-refractivity contribution in [2.75, 3.05) is 7.11 Å². The fourth-order valence-corrected chi connectivity index (χ4v) is 3.23. The summed E-state index contributed by atoms with van der Waals surface area (Å²) < 4.78 is 35.4. The highest BCUT2D eigenvalue weighted by molar-refractivity contribution is 7.91. The van der Waals surface area contributed by atoms with Crippen LogP contribution in [0, 0.1) is 0 Å². The fourth-order valence-electron chi connectivity index (χ4n) is 1.97. The lowest BCUT2D eigenvalue weighted by molar-refractivity contribution is 0.359. The zero-order valence-electron chi connectivity index (χ0n) is 13.0. The van der Waals surface area contributed by atoms with E-state index in [9.17, 15) is 13.5 Å². The van der Waals surface area contributed by atoms with Crippen molar-refractivity contribution in [1.82, 2.24) is 15.0 Å². The molecule has 1 N–H and O–H groups in total. The Kier molecular flexibility index (Phi) is 4.48. The number of benzene rings is 2. The fraction of sp³-hybridized carbons (Fsp3) is 0.0625. The van der Waals surface area contributed by atoms with Gasteiger partial charge in [0.2, 0.25) is 9.84 Å². The number of phenolic OH excluding ortho intramolecular Hbond substituents is 1. The molecule has 0 aliphatic carbocycles. The summed E-state index contributed by atoms with van der Waals surface area (Å²) in [6.45, 7) is 0. The van der Waals surface area contributed by atoms with Gasteiger partial charge in [0.15, 0.2) is 0 Å². The molecule has 3 aromatic rings. The van der Waals surface area contributed by atoms with Crippen LogP contribution in [0.3, 0.4) is 0 Å². The lowest BCUT2D eigenvalue weighted by Gasteiger charge is -2.07. The van der Waals surface area contributed by atoms with Crippen LogP contribution in [-0.4, -0.2) is 35.6 Å². The van der Waals surface area contributed by atoms with Crippen LogP contribution in [0.1, 0.15) is 0 Å². The Balaban J connectivity index is 1.83. The summed E-state index contributed by atoms with van der Waals surface area (Å²) in [6, 6.07) is 11.3. The molecule has 0 saturated heterocycles. The SMILES string of the molecule is COc1ncnc(Oc2ccc(S(=O)(=O)c3ccc(O)cc3)cc2)n1. The number of phenols is 1. The van der Waals surface area contributed by atoms with Gasteiger partial charge in [-0.05, 0) is 48.5 Å². The second-order valence-corrected chi connectivity index (χ2v) is 6.78. The third-order valence-electron chi connectivity index (χ3n) is 3.20. The minimum absolute atomic E-state index is 0.00419. The molecule has 0 atom stereocenters. The first-order valence-corrected chi connectivity index (χ1v) is 8.52. The van der Waals surface area contributed by atoms with Crippen LogP contribution >= 0.6 is 0 Å². The third kappa shape index (κ3) is 3.66. The smallest absolute Gasteiger partial charge is 0.328 e. The number of methoxy groups -OCH3 is 1. The van der Waals surface area contributed by atoms with Gasteiger partial charge in [0.05, 0.1) is 16.9 Å². The van der Waals surface area contributed by atoms with E-state index in [4.69, 9.17) is 9.47 Å². The maximum Gasteiger partial charge on any atom is 0.328 e. The molecule has 3 rings (SSSR count). The van der Waals surface area contributed by atoms with E-state index in [-0.39, 0.29) is 27.6 Å².